The van der Waals surface area contributed by atoms with E-state index in [9.17, 15) is 4.79 Å². The number of methoxy groups -OCH3 is 3. The molecule has 6 nitrogen and oxygen atoms in total. The molecule has 0 N–H and O–H groups in total. The minimum absolute atomic E-state index is 0.106. The molecular formula is C19H23BrN2O4S. The molecule has 2 heterocycles. The zero-order valence-electron chi connectivity index (χ0n) is 15.7. The molecule has 146 valence electrons. The lowest BCUT2D eigenvalue weighted by atomic mass is 10.1. The van der Waals surface area contributed by atoms with Gasteiger partial charge >= 0.3 is 0 Å². The quantitative estimate of drug-likeness (QED) is 0.668. The normalized spacial score (nSPS) is 14.9. The van der Waals surface area contributed by atoms with Crippen molar-refractivity contribution in [2.45, 2.75) is 6.54 Å². The van der Waals surface area contributed by atoms with Gasteiger partial charge in [-0.25, -0.2) is 0 Å². The van der Waals surface area contributed by atoms with Crippen molar-refractivity contribution in [3.63, 3.8) is 0 Å². The van der Waals surface area contributed by atoms with Crippen molar-refractivity contribution in [1.29, 1.82) is 0 Å². The zero-order valence-corrected chi connectivity index (χ0v) is 18.1. The number of carbonyl (C=O) groups excluding carboxylic acids is 1. The zero-order chi connectivity index (χ0) is 19.4. The van der Waals surface area contributed by atoms with Gasteiger partial charge in [-0.1, -0.05) is 6.07 Å². The molecule has 0 aliphatic carbocycles. The van der Waals surface area contributed by atoms with Crippen LogP contribution in [-0.2, 0) is 6.54 Å². The smallest absolute Gasteiger partial charge is 0.264 e. The number of thiophene rings is 1. The third-order valence-corrected chi connectivity index (χ3v) is 6.23. The molecule has 1 amide bonds. The summed E-state index contributed by atoms with van der Waals surface area (Å²) in [4.78, 5) is 17.6. The van der Waals surface area contributed by atoms with Gasteiger partial charge in [-0.15, -0.1) is 11.3 Å². The fourth-order valence-electron chi connectivity index (χ4n) is 3.22. The van der Waals surface area contributed by atoms with Gasteiger partial charge in [0.1, 0.15) is 0 Å². The Morgan fingerprint density at radius 2 is 1.70 bits per heavy atom. The van der Waals surface area contributed by atoms with Crippen LogP contribution in [0.1, 0.15) is 15.2 Å². The third kappa shape index (κ3) is 4.39. The first kappa shape index (κ1) is 20.0. The molecule has 0 bridgehead atoms. The van der Waals surface area contributed by atoms with Gasteiger partial charge in [0.25, 0.3) is 5.91 Å². The minimum atomic E-state index is 0.106. The highest BCUT2D eigenvalue weighted by atomic mass is 79.9. The molecule has 1 aromatic heterocycles. The molecule has 1 aliphatic heterocycles. The van der Waals surface area contributed by atoms with Gasteiger partial charge in [-0.2, -0.15) is 0 Å². The summed E-state index contributed by atoms with van der Waals surface area (Å²) in [6.07, 6.45) is 0. The average Bonchev–Trinajstić information content (AvgIpc) is 3.13. The first-order chi connectivity index (χ1) is 13.1. The second-order valence-electron chi connectivity index (χ2n) is 6.17. The molecule has 8 heteroatoms. The Balaban J connectivity index is 1.65. The van der Waals surface area contributed by atoms with Crippen LogP contribution in [0.3, 0.4) is 0 Å². The lowest BCUT2D eigenvalue weighted by Crippen LogP contribution is -2.48. The Morgan fingerprint density at radius 3 is 2.26 bits per heavy atom. The van der Waals surface area contributed by atoms with Crippen LogP contribution < -0.4 is 14.2 Å². The van der Waals surface area contributed by atoms with Crippen LogP contribution in [0.15, 0.2) is 28.1 Å². The highest BCUT2D eigenvalue weighted by molar-refractivity contribution is 9.11. The van der Waals surface area contributed by atoms with Crippen molar-refractivity contribution >= 4 is 33.2 Å². The fourth-order valence-corrected chi connectivity index (χ4v) is 4.58. The van der Waals surface area contributed by atoms with Crippen LogP contribution in [-0.4, -0.2) is 63.2 Å². The SMILES string of the molecule is COc1ccc(CN2CCN(C(=O)c3ccc(Br)s3)CC2)c(OC)c1OC. The topological polar surface area (TPSA) is 51.2 Å². The molecule has 0 radical (unpaired) electrons. The average molecular weight is 455 g/mol. The first-order valence-electron chi connectivity index (χ1n) is 8.62. The molecule has 2 aromatic rings. The molecular weight excluding hydrogens is 432 g/mol. The van der Waals surface area contributed by atoms with E-state index in [0.717, 1.165) is 33.9 Å². The number of nitrogens with zero attached hydrogens (tertiary/aromatic N) is 2. The number of ether oxygens (including phenoxy) is 3. The van der Waals surface area contributed by atoms with Gasteiger partial charge < -0.3 is 19.1 Å². The largest absolute Gasteiger partial charge is 0.493 e. The molecule has 3 rings (SSSR count). The number of benzene rings is 1. The predicted octanol–water partition coefficient (Wildman–Crippen LogP) is 3.49. The van der Waals surface area contributed by atoms with E-state index < -0.39 is 0 Å². The monoisotopic (exact) mass is 454 g/mol. The maximum absolute atomic E-state index is 12.6. The lowest BCUT2D eigenvalue weighted by molar-refractivity contribution is 0.0632. The lowest BCUT2D eigenvalue weighted by Gasteiger charge is -2.34. The number of hydrogen-bond acceptors (Lipinski definition) is 6. The molecule has 0 saturated carbocycles. The summed E-state index contributed by atoms with van der Waals surface area (Å²) in [5, 5.41) is 0. The van der Waals surface area contributed by atoms with E-state index in [1.165, 1.54) is 11.3 Å². The molecule has 0 atom stereocenters. The van der Waals surface area contributed by atoms with E-state index >= 15 is 0 Å². The van der Waals surface area contributed by atoms with E-state index in [4.69, 9.17) is 14.2 Å². The molecule has 0 spiro atoms. The van der Waals surface area contributed by atoms with Crippen LogP contribution in [0.4, 0.5) is 0 Å². The Morgan fingerprint density at radius 1 is 1.00 bits per heavy atom. The second-order valence-corrected chi connectivity index (χ2v) is 8.63. The van der Waals surface area contributed by atoms with Crippen molar-refractivity contribution in [2.24, 2.45) is 0 Å². The van der Waals surface area contributed by atoms with Crippen molar-refractivity contribution in [3.05, 3.63) is 38.5 Å². The molecule has 27 heavy (non-hydrogen) atoms. The van der Waals surface area contributed by atoms with Crippen molar-refractivity contribution in [1.82, 2.24) is 9.80 Å². The number of hydrogen-bond donors (Lipinski definition) is 0. The summed E-state index contributed by atoms with van der Waals surface area (Å²) >= 11 is 4.89. The molecule has 1 aliphatic rings. The van der Waals surface area contributed by atoms with Crippen LogP contribution in [0.2, 0.25) is 0 Å². The van der Waals surface area contributed by atoms with Gasteiger partial charge in [-0.3, -0.25) is 9.69 Å². The summed E-state index contributed by atoms with van der Waals surface area (Å²) < 4.78 is 17.4. The van der Waals surface area contributed by atoms with Crippen molar-refractivity contribution in [3.8, 4) is 17.2 Å². The number of carbonyl (C=O) groups is 1. The summed E-state index contributed by atoms with van der Waals surface area (Å²) in [6.45, 7) is 3.79. The number of piperazine rings is 1. The summed E-state index contributed by atoms with van der Waals surface area (Å²) in [6, 6.07) is 7.68. The maximum atomic E-state index is 12.6. The minimum Gasteiger partial charge on any atom is -0.493 e. The number of amides is 1. The van der Waals surface area contributed by atoms with Gasteiger partial charge in [-0.05, 0) is 34.1 Å². The Bertz CT molecular complexity index is 803. The number of rotatable bonds is 6. The van der Waals surface area contributed by atoms with E-state index in [1.54, 1.807) is 21.3 Å². The second kappa shape index (κ2) is 8.95. The van der Waals surface area contributed by atoms with E-state index in [0.29, 0.717) is 30.3 Å². The summed E-state index contributed by atoms with van der Waals surface area (Å²) in [7, 11) is 4.85. The van der Waals surface area contributed by atoms with Gasteiger partial charge in [0, 0.05) is 38.3 Å². The maximum Gasteiger partial charge on any atom is 0.264 e. The Hall–Kier alpha value is -1.77. The van der Waals surface area contributed by atoms with Gasteiger partial charge in [0.05, 0.1) is 30.0 Å². The number of halogens is 1. The van der Waals surface area contributed by atoms with Gasteiger partial charge in [0.2, 0.25) is 5.75 Å². The molecule has 1 fully saturated rings. The highest BCUT2D eigenvalue weighted by Gasteiger charge is 2.24. The van der Waals surface area contributed by atoms with E-state index in [1.807, 2.05) is 29.2 Å². The van der Waals surface area contributed by atoms with E-state index in [2.05, 4.69) is 20.8 Å². The van der Waals surface area contributed by atoms with Crippen molar-refractivity contribution in [2.75, 3.05) is 47.5 Å². The summed E-state index contributed by atoms with van der Waals surface area (Å²) in [5.74, 6) is 2.05. The van der Waals surface area contributed by atoms with Crippen LogP contribution in [0, 0.1) is 0 Å². The summed E-state index contributed by atoms with van der Waals surface area (Å²) in [5.41, 5.74) is 1.04. The molecule has 1 saturated heterocycles. The van der Waals surface area contributed by atoms with Crippen LogP contribution in [0.5, 0.6) is 17.2 Å². The predicted molar refractivity (Wildman–Crippen MR) is 109 cm³/mol. The third-order valence-electron chi connectivity index (χ3n) is 4.62. The molecule has 0 unspecified atom stereocenters. The Labute approximate surface area is 171 Å². The van der Waals surface area contributed by atoms with Crippen molar-refractivity contribution < 1.29 is 19.0 Å². The van der Waals surface area contributed by atoms with E-state index in [-0.39, 0.29) is 5.91 Å². The van der Waals surface area contributed by atoms with Gasteiger partial charge in [0.15, 0.2) is 11.5 Å². The molecule has 1 aromatic carbocycles. The first-order valence-corrected chi connectivity index (χ1v) is 10.2. The highest BCUT2D eigenvalue weighted by Crippen LogP contribution is 2.40. The van der Waals surface area contributed by atoms with Crippen LogP contribution in [0.25, 0.3) is 0 Å². The standard InChI is InChI=1S/C19H23BrN2O4S/c1-24-14-5-4-13(17(25-2)18(14)26-3)12-21-8-10-22(11-9-21)19(23)15-6-7-16(20)27-15/h4-7H,8-12H2,1-3H3. The van der Waals surface area contributed by atoms with Crippen LogP contribution >= 0.6 is 27.3 Å². The fraction of sp³-hybridized carbons (Fsp3) is 0.421. The Kier molecular flexibility index (Phi) is 6.62.